The molecule has 0 heterocycles. The Bertz CT molecular complexity index is 35.9. The molecular weight excluding hydrogens is 147 g/mol. The van der Waals surface area contributed by atoms with Crippen molar-refractivity contribution in [2.24, 2.45) is 5.84 Å². The van der Waals surface area contributed by atoms with Gasteiger partial charge in [0.15, 0.2) is 0 Å². The summed E-state index contributed by atoms with van der Waals surface area (Å²) in [5.41, 5.74) is 0. The Labute approximate surface area is 50.2 Å². The number of carbonyl (C=O) groups is 1. The van der Waals surface area contributed by atoms with Gasteiger partial charge in [0.2, 0.25) is 0 Å². The molecule has 0 amide bonds. The van der Waals surface area contributed by atoms with Crippen molar-refractivity contribution in [3.05, 3.63) is 5.84 Å². The topological polar surface area (TPSA) is 113 Å². The van der Waals surface area contributed by atoms with Crippen molar-refractivity contribution in [3.8, 4) is 0 Å². The van der Waals surface area contributed by atoms with Crippen LogP contribution >= 0.6 is 0 Å². The number of carboxylic acid groups (broad SMARTS) is 2. The molecule has 7 heavy (non-hydrogen) atoms. The maximum Gasteiger partial charge on any atom is 3.00 e. The van der Waals surface area contributed by atoms with Crippen molar-refractivity contribution in [1.29, 1.82) is 0 Å². The third kappa shape index (κ3) is 770. The minimum atomic E-state index is -2.33. The second kappa shape index (κ2) is 17.3. The Morgan fingerprint density at radius 3 is 1.43 bits per heavy atom. The summed E-state index contributed by atoms with van der Waals surface area (Å²) in [5.74, 6) is 9.00. The second-order valence-electron chi connectivity index (χ2n) is 0.250. The van der Waals surface area contributed by atoms with Crippen LogP contribution in [-0.2, 0) is 16.5 Å². The summed E-state index contributed by atoms with van der Waals surface area (Å²) in [6.45, 7) is 0. The standard InChI is InChI=1S/CH2O3.H3N2.Ni/c2-1(3)4;1-2;/h(H2,2,3,4);1H,2H2;/q;-1;+3/p-2. The molecule has 0 aliphatic rings. The average Bonchev–Trinajstić information content (AvgIpc) is 1.41. The van der Waals surface area contributed by atoms with Gasteiger partial charge in [-0.15, -0.1) is 0 Å². The zero-order valence-electron chi connectivity index (χ0n) is 3.12. The molecule has 0 aliphatic heterocycles. The first kappa shape index (κ1) is 15.9. The predicted molar refractivity (Wildman–Crippen MR) is 13.9 cm³/mol. The SMILES string of the molecule is O=C([O-])[O-].[NH-]N.[Ni+3]. The summed E-state index contributed by atoms with van der Waals surface area (Å²) in [6, 6.07) is 0. The van der Waals surface area contributed by atoms with Gasteiger partial charge in [-0.2, -0.15) is 0 Å². The normalized spacial score (nSPS) is 4.29. The van der Waals surface area contributed by atoms with Gasteiger partial charge in [0, 0.05) is 0 Å². The van der Waals surface area contributed by atoms with E-state index in [2.05, 4.69) is 5.84 Å². The van der Waals surface area contributed by atoms with Crippen molar-refractivity contribution in [2.45, 2.75) is 0 Å². The van der Waals surface area contributed by atoms with Crippen LogP contribution in [0.1, 0.15) is 0 Å². The fourth-order valence-corrected chi connectivity index (χ4v) is 0. The van der Waals surface area contributed by atoms with Crippen molar-refractivity contribution in [3.63, 3.8) is 0 Å². The van der Waals surface area contributed by atoms with Gasteiger partial charge in [0.25, 0.3) is 0 Å². The molecule has 0 unspecified atom stereocenters. The van der Waals surface area contributed by atoms with E-state index in [9.17, 15) is 0 Å². The van der Waals surface area contributed by atoms with Crippen molar-refractivity contribution in [1.82, 2.24) is 0 Å². The fourth-order valence-electron chi connectivity index (χ4n) is 0. The third-order valence-electron chi connectivity index (χ3n) is 0. The molecule has 0 aromatic heterocycles. The smallest absolute Gasteiger partial charge is 0.652 e. The minimum Gasteiger partial charge on any atom is -0.652 e. The monoisotopic (exact) mass is 149 g/mol. The number of hydrogen-bond acceptors (Lipinski definition) is 4. The molecule has 0 saturated carbocycles. The van der Waals surface area contributed by atoms with E-state index in [1.54, 1.807) is 0 Å². The van der Waals surface area contributed by atoms with Crippen LogP contribution in [0.5, 0.6) is 0 Å². The quantitative estimate of drug-likeness (QED) is 0.232. The molecular formula is CH3N2NiO3. The van der Waals surface area contributed by atoms with Crippen LogP contribution in [0.25, 0.3) is 5.84 Å². The van der Waals surface area contributed by atoms with E-state index >= 15 is 0 Å². The molecule has 5 nitrogen and oxygen atoms in total. The summed E-state index contributed by atoms with van der Waals surface area (Å²) in [5, 5.41) is 16.7. The zero-order valence-corrected chi connectivity index (χ0v) is 4.11. The molecule has 3 N–H and O–H groups in total. The van der Waals surface area contributed by atoms with Gasteiger partial charge in [-0.1, -0.05) is 0 Å². The van der Waals surface area contributed by atoms with E-state index in [0.717, 1.165) is 0 Å². The first-order valence-electron chi connectivity index (χ1n) is 0.901. The molecule has 0 rings (SSSR count). The van der Waals surface area contributed by atoms with Gasteiger partial charge in [-0.25, -0.2) is 0 Å². The van der Waals surface area contributed by atoms with Gasteiger partial charge in [0.05, 0.1) is 0 Å². The Morgan fingerprint density at radius 2 is 1.43 bits per heavy atom. The maximum absolute atomic E-state index is 8.33. The molecule has 1 radical (unpaired) electrons. The Kier molecular flexibility index (Phi) is 39.4. The average molecular weight is 150 g/mol. The van der Waals surface area contributed by atoms with E-state index < -0.39 is 6.16 Å². The van der Waals surface area contributed by atoms with Crippen LogP contribution in [0.2, 0.25) is 0 Å². The summed E-state index contributed by atoms with van der Waals surface area (Å²) >= 11 is 0. The number of rotatable bonds is 0. The van der Waals surface area contributed by atoms with Gasteiger partial charge < -0.3 is 26.7 Å². The van der Waals surface area contributed by atoms with Crippen LogP contribution < -0.4 is 16.1 Å². The van der Waals surface area contributed by atoms with Crippen LogP contribution in [0.3, 0.4) is 0 Å². The van der Waals surface area contributed by atoms with E-state index in [4.69, 9.17) is 20.9 Å². The molecule has 0 fully saturated rings. The largest absolute Gasteiger partial charge is 3.00 e. The molecule has 6 heteroatoms. The van der Waals surface area contributed by atoms with E-state index in [0.29, 0.717) is 0 Å². The Hall–Kier alpha value is -0.316. The number of hydrogen-bond donors (Lipinski definition) is 1. The minimum absolute atomic E-state index is 0. The molecule has 0 aromatic carbocycles. The van der Waals surface area contributed by atoms with Gasteiger partial charge in [-0.05, 0) is 6.16 Å². The second-order valence-corrected chi connectivity index (χ2v) is 0.250. The van der Waals surface area contributed by atoms with E-state index in [-0.39, 0.29) is 16.5 Å². The molecule has 0 aromatic rings. The van der Waals surface area contributed by atoms with Gasteiger partial charge >= 0.3 is 16.5 Å². The van der Waals surface area contributed by atoms with Crippen LogP contribution in [0.4, 0.5) is 4.79 Å². The van der Waals surface area contributed by atoms with E-state index in [1.165, 1.54) is 0 Å². The van der Waals surface area contributed by atoms with Crippen LogP contribution in [-0.4, -0.2) is 6.16 Å². The first-order valence-corrected chi connectivity index (χ1v) is 0.901. The van der Waals surface area contributed by atoms with Crippen molar-refractivity contribution < 1.29 is 31.5 Å². The zero-order chi connectivity index (χ0) is 5.58. The summed E-state index contributed by atoms with van der Waals surface area (Å²) in [7, 11) is 0. The molecule has 45 valence electrons. The first-order chi connectivity index (χ1) is 2.73. The summed E-state index contributed by atoms with van der Waals surface area (Å²) in [4.78, 5) is 8.33. The summed E-state index contributed by atoms with van der Waals surface area (Å²) < 4.78 is 0. The molecule has 0 atom stereocenters. The molecule has 0 spiro atoms. The third-order valence-corrected chi connectivity index (χ3v) is 0. The Balaban J connectivity index is -0.0000000480. The fraction of sp³-hybridized carbons (Fsp3) is 0. The van der Waals surface area contributed by atoms with Crippen molar-refractivity contribution >= 4 is 6.16 Å². The predicted octanol–water partition coefficient (Wildman–Crippen LogP) is -2.54. The molecule has 0 saturated heterocycles. The van der Waals surface area contributed by atoms with Gasteiger partial charge in [0.1, 0.15) is 0 Å². The van der Waals surface area contributed by atoms with Crippen molar-refractivity contribution in [2.75, 3.05) is 0 Å². The number of nitrogens with one attached hydrogen (secondary N) is 1. The number of carbonyl (C=O) groups excluding carboxylic acids is 1. The van der Waals surface area contributed by atoms with Crippen LogP contribution in [0, 0.1) is 0 Å². The summed E-state index contributed by atoms with van der Waals surface area (Å²) in [6.07, 6.45) is -2.33. The van der Waals surface area contributed by atoms with Crippen LogP contribution in [0.15, 0.2) is 0 Å². The van der Waals surface area contributed by atoms with Gasteiger partial charge in [-0.3, -0.25) is 0 Å². The Morgan fingerprint density at radius 1 is 1.43 bits per heavy atom. The number of nitrogens with two attached hydrogens (primary N) is 1. The molecule has 0 bridgehead atoms. The molecule has 0 aliphatic carbocycles. The maximum atomic E-state index is 8.33. The van der Waals surface area contributed by atoms with E-state index in [1.807, 2.05) is 0 Å².